The average molecular weight is 1000 g/mol. The Hall–Kier alpha value is -2.92. The molecule has 0 saturated heterocycles. The molecule has 0 saturated carbocycles. The third-order valence-electron chi connectivity index (χ3n) is 13.7. The molecule has 72 heavy (non-hydrogen) atoms. The second kappa shape index (κ2) is 62.4. The number of unbranched alkanes of at least 4 members (excludes halogenated alkanes) is 35. The highest BCUT2D eigenvalue weighted by Gasteiger charge is 2.16. The molecule has 5 heteroatoms. The predicted octanol–water partition coefficient (Wildman–Crippen LogP) is 21.3. The van der Waals surface area contributed by atoms with Crippen molar-refractivity contribution in [2.45, 2.75) is 315 Å². The van der Waals surface area contributed by atoms with Crippen molar-refractivity contribution in [3.63, 3.8) is 0 Å². The summed E-state index contributed by atoms with van der Waals surface area (Å²) in [7, 11) is 0. The van der Waals surface area contributed by atoms with Crippen LogP contribution in [0.3, 0.4) is 0 Å². The summed E-state index contributed by atoms with van der Waals surface area (Å²) in [6.45, 7) is 4.03. The Morgan fingerprint density at radius 2 is 0.597 bits per heavy atom. The fourth-order valence-corrected chi connectivity index (χ4v) is 9.03. The quantitative estimate of drug-likeness (QED) is 0.0373. The van der Waals surface area contributed by atoms with Crippen LogP contribution in [0, 0.1) is 0 Å². The summed E-state index contributed by atoms with van der Waals surface area (Å²) < 4.78 is 10.7. The highest BCUT2D eigenvalue weighted by molar-refractivity contribution is 5.70. The Labute approximate surface area is 447 Å². The fourth-order valence-electron chi connectivity index (χ4n) is 9.03. The summed E-state index contributed by atoms with van der Waals surface area (Å²) in [6, 6.07) is 0. The van der Waals surface area contributed by atoms with E-state index in [-0.39, 0.29) is 25.2 Å². The number of rotatable bonds is 57. The van der Waals surface area contributed by atoms with Gasteiger partial charge in [-0.25, -0.2) is 0 Å². The van der Waals surface area contributed by atoms with Crippen LogP contribution >= 0.6 is 0 Å². The standard InChI is InChI=1S/C67H118O5/c1-3-5-7-9-11-13-15-17-19-21-23-25-27-28-29-30-31-32-33-34-35-36-37-38-40-41-43-45-47-49-51-53-55-57-59-61-66(69)71-64-65(63-68)72-67(70)62-60-58-56-54-52-50-48-46-44-42-39-26-24-22-20-18-16-14-12-10-8-6-4-2/h6,8,12,14-15,17-18,20-21,23-24,26,42,44,65,68H,3-5,7,9-11,13,16,19,22,25,27-41,43,45-64H2,1-2H3/b8-6-,14-12-,17-15-,20-18-,23-21-,26-24-,44-42-. The van der Waals surface area contributed by atoms with E-state index in [1.54, 1.807) is 0 Å². The number of hydrogen-bond donors (Lipinski definition) is 1. The molecule has 0 aromatic carbocycles. The Morgan fingerprint density at radius 1 is 0.333 bits per heavy atom. The van der Waals surface area contributed by atoms with Gasteiger partial charge in [0.05, 0.1) is 6.61 Å². The first kappa shape index (κ1) is 69.1. The predicted molar refractivity (Wildman–Crippen MR) is 316 cm³/mol. The second-order valence-corrected chi connectivity index (χ2v) is 20.8. The lowest BCUT2D eigenvalue weighted by molar-refractivity contribution is -0.161. The van der Waals surface area contributed by atoms with Crippen molar-refractivity contribution in [2.75, 3.05) is 13.2 Å². The molecular weight excluding hydrogens is 885 g/mol. The van der Waals surface area contributed by atoms with E-state index in [9.17, 15) is 14.7 Å². The topological polar surface area (TPSA) is 72.8 Å². The van der Waals surface area contributed by atoms with Crippen LogP contribution in [0.25, 0.3) is 0 Å². The summed E-state index contributed by atoms with van der Waals surface area (Å²) in [5.41, 5.74) is 0. The third kappa shape index (κ3) is 59.6. The van der Waals surface area contributed by atoms with Crippen LogP contribution in [-0.2, 0) is 19.1 Å². The summed E-state index contributed by atoms with van der Waals surface area (Å²) in [4.78, 5) is 24.6. The minimum atomic E-state index is -0.782. The van der Waals surface area contributed by atoms with Crippen LogP contribution in [0.15, 0.2) is 85.1 Å². The lowest BCUT2D eigenvalue weighted by atomic mass is 10.0. The molecule has 0 spiro atoms. The fraction of sp³-hybridized carbons (Fsp3) is 0.761. The molecule has 416 valence electrons. The largest absolute Gasteiger partial charge is 0.462 e. The molecule has 0 rings (SSSR count). The number of carbonyl (C=O) groups excluding carboxylic acids is 2. The van der Waals surface area contributed by atoms with Crippen LogP contribution < -0.4 is 0 Å². The number of allylic oxidation sites excluding steroid dienone is 14. The minimum Gasteiger partial charge on any atom is -0.462 e. The molecule has 1 N–H and O–H groups in total. The van der Waals surface area contributed by atoms with E-state index >= 15 is 0 Å². The van der Waals surface area contributed by atoms with Crippen LogP contribution in [0.5, 0.6) is 0 Å². The first-order valence-corrected chi connectivity index (χ1v) is 31.1. The molecule has 0 heterocycles. The number of ether oxygens (including phenoxy) is 2. The number of esters is 2. The lowest BCUT2D eigenvalue weighted by Gasteiger charge is -2.15. The molecule has 0 radical (unpaired) electrons. The van der Waals surface area contributed by atoms with E-state index in [4.69, 9.17) is 9.47 Å². The zero-order chi connectivity index (χ0) is 52.0. The normalized spacial score (nSPS) is 12.8. The van der Waals surface area contributed by atoms with Gasteiger partial charge < -0.3 is 14.6 Å². The van der Waals surface area contributed by atoms with E-state index in [1.807, 2.05) is 0 Å². The molecule has 0 bridgehead atoms. The first-order valence-electron chi connectivity index (χ1n) is 31.1. The summed E-state index contributed by atoms with van der Waals surface area (Å²) in [6.07, 6.45) is 87.3. The third-order valence-corrected chi connectivity index (χ3v) is 13.7. The van der Waals surface area contributed by atoms with Crippen molar-refractivity contribution in [3.8, 4) is 0 Å². The van der Waals surface area contributed by atoms with Gasteiger partial charge in [-0.3, -0.25) is 9.59 Å². The van der Waals surface area contributed by atoms with Crippen molar-refractivity contribution in [1.29, 1.82) is 0 Å². The Kier molecular flexibility index (Phi) is 59.8. The van der Waals surface area contributed by atoms with Crippen LogP contribution in [0.4, 0.5) is 0 Å². The summed E-state index contributed by atoms with van der Waals surface area (Å²) >= 11 is 0. The number of carbonyl (C=O) groups is 2. The van der Waals surface area contributed by atoms with Crippen LogP contribution in [0.1, 0.15) is 309 Å². The smallest absolute Gasteiger partial charge is 0.306 e. The number of aliphatic hydroxyl groups is 1. The molecule has 0 aromatic rings. The van der Waals surface area contributed by atoms with Crippen molar-refractivity contribution in [3.05, 3.63) is 85.1 Å². The van der Waals surface area contributed by atoms with Gasteiger partial charge in [0.15, 0.2) is 6.10 Å². The monoisotopic (exact) mass is 1000 g/mol. The van der Waals surface area contributed by atoms with Gasteiger partial charge >= 0.3 is 11.9 Å². The van der Waals surface area contributed by atoms with E-state index < -0.39 is 6.10 Å². The highest BCUT2D eigenvalue weighted by atomic mass is 16.6. The number of aliphatic hydroxyl groups excluding tert-OH is 1. The maximum Gasteiger partial charge on any atom is 0.306 e. The Bertz CT molecular complexity index is 1320. The zero-order valence-electron chi connectivity index (χ0n) is 47.7. The van der Waals surface area contributed by atoms with Gasteiger partial charge in [0, 0.05) is 12.8 Å². The van der Waals surface area contributed by atoms with E-state index in [1.165, 1.54) is 199 Å². The van der Waals surface area contributed by atoms with E-state index in [0.29, 0.717) is 12.8 Å². The van der Waals surface area contributed by atoms with Crippen LogP contribution in [0.2, 0.25) is 0 Å². The van der Waals surface area contributed by atoms with Gasteiger partial charge in [0.2, 0.25) is 0 Å². The molecule has 0 aromatic heterocycles. The molecular formula is C67H118O5. The van der Waals surface area contributed by atoms with Crippen LogP contribution in [-0.4, -0.2) is 36.4 Å². The minimum absolute atomic E-state index is 0.0712. The molecule has 1 unspecified atom stereocenters. The average Bonchev–Trinajstić information content (AvgIpc) is 3.38. The molecule has 0 aliphatic rings. The number of hydrogen-bond acceptors (Lipinski definition) is 5. The van der Waals surface area contributed by atoms with Gasteiger partial charge in [-0.1, -0.05) is 292 Å². The van der Waals surface area contributed by atoms with Crippen molar-refractivity contribution < 1.29 is 24.2 Å². The van der Waals surface area contributed by atoms with Gasteiger partial charge in [0.25, 0.3) is 0 Å². The van der Waals surface area contributed by atoms with Gasteiger partial charge in [-0.15, -0.1) is 0 Å². The summed E-state index contributed by atoms with van der Waals surface area (Å²) in [5, 5.41) is 9.67. The SMILES string of the molecule is CC/C=C\C/C=C\C/C=C\C/C=C\C/C=C\CCCCCCCCCC(=O)OC(CO)COC(=O)CCCCCCCCCCCCCCCCCCCCCCCCC/C=C\C/C=C\CCCCCCC. The Morgan fingerprint density at radius 3 is 0.903 bits per heavy atom. The maximum atomic E-state index is 12.3. The van der Waals surface area contributed by atoms with E-state index in [2.05, 4.69) is 98.9 Å². The molecule has 1 atom stereocenters. The molecule has 5 nitrogen and oxygen atoms in total. The zero-order valence-corrected chi connectivity index (χ0v) is 47.7. The highest BCUT2D eigenvalue weighted by Crippen LogP contribution is 2.17. The van der Waals surface area contributed by atoms with E-state index in [0.717, 1.165) is 83.5 Å². The van der Waals surface area contributed by atoms with Crippen molar-refractivity contribution in [1.82, 2.24) is 0 Å². The first-order chi connectivity index (χ1) is 35.6. The molecule has 0 aliphatic heterocycles. The second-order valence-electron chi connectivity index (χ2n) is 20.8. The van der Waals surface area contributed by atoms with Gasteiger partial charge in [-0.05, 0) is 89.9 Å². The van der Waals surface area contributed by atoms with Gasteiger partial charge in [0.1, 0.15) is 6.61 Å². The van der Waals surface area contributed by atoms with Gasteiger partial charge in [-0.2, -0.15) is 0 Å². The van der Waals surface area contributed by atoms with Crippen molar-refractivity contribution >= 4 is 11.9 Å². The maximum absolute atomic E-state index is 12.3. The summed E-state index contributed by atoms with van der Waals surface area (Å²) in [5.74, 6) is -0.595. The van der Waals surface area contributed by atoms with Crippen molar-refractivity contribution in [2.24, 2.45) is 0 Å². The molecule has 0 fully saturated rings. The Balaban J connectivity index is 3.45. The lowest BCUT2D eigenvalue weighted by Crippen LogP contribution is -2.28. The molecule has 0 aliphatic carbocycles. The molecule has 0 amide bonds.